The van der Waals surface area contributed by atoms with Crippen molar-refractivity contribution in [3.8, 4) is 5.75 Å². The second-order valence-corrected chi connectivity index (χ2v) is 4.34. The highest BCUT2D eigenvalue weighted by Gasteiger charge is 2.20. The van der Waals surface area contributed by atoms with E-state index in [4.69, 9.17) is 14.2 Å². The molecule has 0 saturated carbocycles. The second-order valence-electron chi connectivity index (χ2n) is 4.34. The summed E-state index contributed by atoms with van der Waals surface area (Å²) in [4.78, 5) is 0. The second kappa shape index (κ2) is 6.73. The molecule has 1 atom stereocenters. The Morgan fingerprint density at radius 3 is 3.06 bits per heavy atom. The maximum absolute atomic E-state index is 10.1. The number of hydrogen-bond donors (Lipinski definition) is 1. The lowest BCUT2D eigenvalue weighted by Crippen LogP contribution is -2.07. The van der Waals surface area contributed by atoms with Crippen molar-refractivity contribution in [3.05, 3.63) is 29.3 Å². The van der Waals surface area contributed by atoms with Gasteiger partial charge in [-0.1, -0.05) is 18.2 Å². The minimum atomic E-state index is -0.527. The van der Waals surface area contributed by atoms with Crippen molar-refractivity contribution in [1.82, 2.24) is 0 Å². The van der Waals surface area contributed by atoms with E-state index in [0.717, 1.165) is 17.7 Å². The largest absolute Gasteiger partial charge is 0.493 e. The molecule has 1 heterocycles. The van der Waals surface area contributed by atoms with Crippen LogP contribution in [0.4, 0.5) is 0 Å². The summed E-state index contributed by atoms with van der Waals surface area (Å²) in [5.41, 5.74) is 2.06. The molecule has 0 spiro atoms. The molecule has 0 amide bonds. The third-order valence-electron chi connectivity index (χ3n) is 3.07. The number of benzene rings is 1. The van der Waals surface area contributed by atoms with E-state index >= 15 is 0 Å². The van der Waals surface area contributed by atoms with Gasteiger partial charge in [0.05, 0.1) is 25.9 Å². The minimum absolute atomic E-state index is 0.522. The molecule has 4 nitrogen and oxygen atoms in total. The summed E-state index contributed by atoms with van der Waals surface area (Å²) in [7, 11) is 1.64. The summed E-state index contributed by atoms with van der Waals surface area (Å²) in [6.07, 6.45) is 0.977. The van der Waals surface area contributed by atoms with E-state index in [-0.39, 0.29) is 0 Å². The van der Waals surface area contributed by atoms with Gasteiger partial charge in [-0.05, 0) is 5.56 Å². The Hall–Kier alpha value is -1.10. The van der Waals surface area contributed by atoms with Crippen LogP contribution in [0, 0.1) is 0 Å². The van der Waals surface area contributed by atoms with Crippen molar-refractivity contribution < 1.29 is 19.3 Å². The van der Waals surface area contributed by atoms with Crippen LogP contribution >= 0.6 is 0 Å². The number of ether oxygens (including phenoxy) is 3. The van der Waals surface area contributed by atoms with Gasteiger partial charge in [-0.25, -0.2) is 0 Å². The molecule has 100 valence electrons. The average Bonchev–Trinajstić information content (AvgIpc) is 2.86. The standard InChI is InChI=1S/C14H20O4/c1-16-9-10-17-7-6-13(15)12-4-2-3-11-5-8-18-14(11)12/h2-4,13,15H,5-10H2,1H3. The van der Waals surface area contributed by atoms with Crippen LogP contribution in [0.3, 0.4) is 0 Å². The average molecular weight is 252 g/mol. The van der Waals surface area contributed by atoms with Gasteiger partial charge in [0.25, 0.3) is 0 Å². The van der Waals surface area contributed by atoms with Crippen LogP contribution in [-0.4, -0.2) is 38.6 Å². The van der Waals surface area contributed by atoms with Crippen LogP contribution in [0.1, 0.15) is 23.7 Å². The maximum atomic E-state index is 10.1. The minimum Gasteiger partial charge on any atom is -0.493 e. The molecule has 0 saturated heterocycles. The first-order valence-corrected chi connectivity index (χ1v) is 6.32. The van der Waals surface area contributed by atoms with Gasteiger partial charge in [0.15, 0.2) is 0 Å². The van der Waals surface area contributed by atoms with Gasteiger partial charge in [0.1, 0.15) is 5.75 Å². The van der Waals surface area contributed by atoms with Crippen LogP contribution in [0.25, 0.3) is 0 Å². The first kappa shape index (κ1) is 13.3. The van der Waals surface area contributed by atoms with Gasteiger partial charge in [0, 0.05) is 32.1 Å². The fourth-order valence-corrected chi connectivity index (χ4v) is 2.10. The van der Waals surface area contributed by atoms with E-state index in [9.17, 15) is 5.11 Å². The van der Waals surface area contributed by atoms with E-state index in [1.165, 1.54) is 5.56 Å². The van der Waals surface area contributed by atoms with Crippen molar-refractivity contribution in [3.63, 3.8) is 0 Å². The fourth-order valence-electron chi connectivity index (χ4n) is 2.10. The summed E-state index contributed by atoms with van der Waals surface area (Å²) < 4.78 is 15.8. The maximum Gasteiger partial charge on any atom is 0.128 e. The summed E-state index contributed by atoms with van der Waals surface area (Å²) >= 11 is 0. The van der Waals surface area contributed by atoms with Crippen molar-refractivity contribution in [2.45, 2.75) is 18.9 Å². The number of aliphatic hydroxyl groups excluding tert-OH is 1. The highest BCUT2D eigenvalue weighted by molar-refractivity contribution is 5.45. The smallest absolute Gasteiger partial charge is 0.128 e. The summed E-state index contributed by atoms with van der Waals surface area (Å²) in [5, 5.41) is 10.1. The van der Waals surface area contributed by atoms with Crippen LogP contribution in [0.2, 0.25) is 0 Å². The number of para-hydroxylation sites is 1. The number of fused-ring (bicyclic) bond motifs is 1. The number of methoxy groups -OCH3 is 1. The summed E-state index contributed by atoms with van der Waals surface area (Å²) in [6.45, 7) is 2.38. The highest BCUT2D eigenvalue weighted by Crippen LogP contribution is 2.34. The Kier molecular flexibility index (Phi) is 4.99. The first-order chi connectivity index (χ1) is 8.83. The Balaban J connectivity index is 1.85. The molecule has 0 aliphatic carbocycles. The topological polar surface area (TPSA) is 47.9 Å². The molecule has 0 bridgehead atoms. The van der Waals surface area contributed by atoms with E-state index in [1.807, 2.05) is 18.2 Å². The number of rotatable bonds is 7. The lowest BCUT2D eigenvalue weighted by Gasteiger charge is -2.14. The third kappa shape index (κ3) is 3.22. The SMILES string of the molecule is COCCOCCC(O)c1cccc2c1OCC2. The van der Waals surface area contributed by atoms with Crippen LogP contribution in [-0.2, 0) is 15.9 Å². The molecule has 0 aromatic heterocycles. The lowest BCUT2D eigenvalue weighted by atomic mass is 10.0. The Morgan fingerprint density at radius 2 is 2.22 bits per heavy atom. The molecule has 1 N–H and O–H groups in total. The monoisotopic (exact) mass is 252 g/mol. The predicted octanol–water partition coefficient (Wildman–Crippen LogP) is 1.71. The van der Waals surface area contributed by atoms with Gasteiger partial charge in [0.2, 0.25) is 0 Å². The van der Waals surface area contributed by atoms with Gasteiger partial charge >= 0.3 is 0 Å². The Bertz CT molecular complexity index is 378. The lowest BCUT2D eigenvalue weighted by molar-refractivity contribution is 0.0470. The molecule has 0 radical (unpaired) electrons. The molecular weight excluding hydrogens is 232 g/mol. The number of aliphatic hydroxyl groups is 1. The van der Waals surface area contributed by atoms with E-state index in [1.54, 1.807) is 7.11 Å². The van der Waals surface area contributed by atoms with E-state index in [0.29, 0.717) is 32.8 Å². The van der Waals surface area contributed by atoms with Gasteiger partial charge in [-0.15, -0.1) is 0 Å². The zero-order chi connectivity index (χ0) is 12.8. The molecular formula is C14H20O4. The van der Waals surface area contributed by atoms with Crippen LogP contribution in [0.5, 0.6) is 5.75 Å². The van der Waals surface area contributed by atoms with Gasteiger partial charge < -0.3 is 19.3 Å². The van der Waals surface area contributed by atoms with Crippen LogP contribution in [0.15, 0.2) is 18.2 Å². The molecule has 1 aliphatic heterocycles. The van der Waals surface area contributed by atoms with Crippen molar-refractivity contribution in [2.24, 2.45) is 0 Å². The van der Waals surface area contributed by atoms with Crippen LogP contribution < -0.4 is 4.74 Å². The molecule has 1 aromatic rings. The molecule has 1 unspecified atom stereocenters. The van der Waals surface area contributed by atoms with Gasteiger partial charge in [-0.2, -0.15) is 0 Å². The third-order valence-corrected chi connectivity index (χ3v) is 3.07. The first-order valence-electron chi connectivity index (χ1n) is 6.32. The Morgan fingerprint density at radius 1 is 1.33 bits per heavy atom. The molecule has 2 rings (SSSR count). The van der Waals surface area contributed by atoms with Crippen molar-refractivity contribution in [2.75, 3.05) is 33.5 Å². The molecule has 0 fully saturated rings. The molecule has 1 aliphatic rings. The molecule has 4 heteroatoms. The quantitative estimate of drug-likeness (QED) is 0.750. The Labute approximate surface area is 107 Å². The predicted molar refractivity (Wildman–Crippen MR) is 67.9 cm³/mol. The zero-order valence-electron chi connectivity index (χ0n) is 10.7. The molecule has 18 heavy (non-hydrogen) atoms. The van der Waals surface area contributed by atoms with Gasteiger partial charge in [-0.3, -0.25) is 0 Å². The van der Waals surface area contributed by atoms with Crippen molar-refractivity contribution in [1.29, 1.82) is 0 Å². The highest BCUT2D eigenvalue weighted by atomic mass is 16.5. The number of hydrogen-bond acceptors (Lipinski definition) is 4. The summed E-state index contributed by atoms with van der Waals surface area (Å²) in [5.74, 6) is 0.863. The fraction of sp³-hybridized carbons (Fsp3) is 0.571. The molecule has 1 aromatic carbocycles. The van der Waals surface area contributed by atoms with E-state index in [2.05, 4.69) is 0 Å². The van der Waals surface area contributed by atoms with E-state index < -0.39 is 6.10 Å². The normalized spacial score (nSPS) is 15.2. The summed E-state index contributed by atoms with van der Waals surface area (Å²) in [6, 6.07) is 5.94. The zero-order valence-corrected chi connectivity index (χ0v) is 10.7. The van der Waals surface area contributed by atoms with Crippen molar-refractivity contribution >= 4 is 0 Å².